The summed E-state index contributed by atoms with van der Waals surface area (Å²) in [7, 11) is 3.41. The summed E-state index contributed by atoms with van der Waals surface area (Å²) in [6.45, 7) is 4.40. The van der Waals surface area contributed by atoms with Crippen molar-refractivity contribution in [3.8, 4) is 11.5 Å². The Kier molecular flexibility index (Phi) is 10.2. The predicted octanol–water partition coefficient (Wildman–Crippen LogP) is 4.05. The van der Waals surface area contributed by atoms with Crippen LogP contribution in [0.4, 0.5) is 10.1 Å². The normalized spacial score (nSPS) is 15.6. The number of rotatable bonds is 7. The number of methoxy groups -OCH3 is 1. The summed E-state index contributed by atoms with van der Waals surface area (Å²) in [4.78, 5) is 6.56. The summed E-state index contributed by atoms with van der Waals surface area (Å²) in [5.41, 5.74) is 0.944. The van der Waals surface area contributed by atoms with E-state index in [1.54, 1.807) is 26.3 Å². The van der Waals surface area contributed by atoms with Gasteiger partial charge in [0.05, 0.1) is 13.7 Å². The topological polar surface area (TPSA) is 58.1 Å². The Morgan fingerprint density at radius 3 is 2.55 bits per heavy atom. The molecule has 2 N–H and O–H groups in total. The van der Waals surface area contributed by atoms with Crippen molar-refractivity contribution in [2.45, 2.75) is 31.9 Å². The lowest BCUT2D eigenvalue weighted by atomic mass is 10.0. The van der Waals surface area contributed by atoms with Crippen LogP contribution < -0.4 is 25.0 Å². The van der Waals surface area contributed by atoms with E-state index in [9.17, 15) is 4.39 Å². The van der Waals surface area contributed by atoms with E-state index in [4.69, 9.17) is 9.47 Å². The summed E-state index contributed by atoms with van der Waals surface area (Å²) >= 11 is 0. The van der Waals surface area contributed by atoms with Crippen LogP contribution in [0.25, 0.3) is 0 Å². The van der Waals surface area contributed by atoms with E-state index in [1.165, 1.54) is 6.07 Å². The molecule has 0 saturated carbocycles. The number of halogens is 2. The number of benzene rings is 2. The lowest BCUT2D eigenvalue weighted by Crippen LogP contribution is -2.50. The van der Waals surface area contributed by atoms with E-state index >= 15 is 0 Å². The maximum atomic E-state index is 13.5. The summed E-state index contributed by atoms with van der Waals surface area (Å²) in [5.74, 6) is 2.12. The van der Waals surface area contributed by atoms with Crippen LogP contribution >= 0.6 is 24.0 Å². The molecule has 1 unspecified atom stereocenters. The van der Waals surface area contributed by atoms with Crippen LogP contribution in [0.5, 0.6) is 11.5 Å². The summed E-state index contributed by atoms with van der Waals surface area (Å²) in [6.07, 6.45) is 1.89. The lowest BCUT2D eigenvalue weighted by molar-refractivity contribution is 0.222. The number of aliphatic imine (C=N–C) groups is 1. The minimum atomic E-state index is -0.192. The number of hydrogen-bond acceptors (Lipinski definition) is 4. The molecule has 0 bridgehead atoms. The molecule has 1 atom stereocenters. The van der Waals surface area contributed by atoms with Crippen molar-refractivity contribution in [2.24, 2.45) is 4.99 Å². The lowest BCUT2D eigenvalue weighted by Gasteiger charge is -2.34. The quantitative estimate of drug-likeness (QED) is 0.314. The monoisotopic (exact) mass is 542 g/mol. The molecule has 1 fully saturated rings. The van der Waals surface area contributed by atoms with Crippen molar-refractivity contribution in [1.29, 1.82) is 0 Å². The van der Waals surface area contributed by atoms with Crippen LogP contribution in [-0.2, 0) is 0 Å². The summed E-state index contributed by atoms with van der Waals surface area (Å²) in [6, 6.07) is 14.7. The van der Waals surface area contributed by atoms with Gasteiger partial charge in [-0.1, -0.05) is 12.1 Å². The van der Waals surface area contributed by atoms with E-state index in [1.807, 2.05) is 37.3 Å². The van der Waals surface area contributed by atoms with E-state index in [2.05, 4.69) is 20.5 Å². The number of piperidine rings is 1. The standard InChI is InChI=1S/C23H31FN4O2.HI/c1-17(30-22-9-5-8-21(15-22)29-3)16-26-23(25-2)27-19-10-12-28(13-11-19)20-7-4-6-18(24)14-20;/h4-9,14-15,17,19H,10-13,16H2,1-3H3,(H2,25,26,27);1H. The molecule has 2 aromatic rings. The highest BCUT2D eigenvalue weighted by molar-refractivity contribution is 14.0. The van der Waals surface area contributed by atoms with Crippen molar-refractivity contribution < 1.29 is 13.9 Å². The van der Waals surface area contributed by atoms with Gasteiger partial charge in [-0.2, -0.15) is 0 Å². The fraction of sp³-hybridized carbons (Fsp3) is 0.435. The molecule has 2 aromatic carbocycles. The van der Waals surface area contributed by atoms with Gasteiger partial charge in [0.2, 0.25) is 0 Å². The number of ether oxygens (including phenoxy) is 2. The van der Waals surface area contributed by atoms with Gasteiger partial charge in [0.1, 0.15) is 23.4 Å². The van der Waals surface area contributed by atoms with Crippen LogP contribution in [-0.4, -0.2) is 51.9 Å². The number of nitrogens with one attached hydrogen (secondary N) is 2. The van der Waals surface area contributed by atoms with Gasteiger partial charge in [-0.3, -0.25) is 4.99 Å². The Morgan fingerprint density at radius 1 is 1.16 bits per heavy atom. The molecule has 31 heavy (non-hydrogen) atoms. The molecule has 0 aromatic heterocycles. The Morgan fingerprint density at radius 2 is 1.87 bits per heavy atom. The summed E-state index contributed by atoms with van der Waals surface area (Å²) < 4.78 is 24.6. The third-order valence-corrected chi connectivity index (χ3v) is 5.17. The van der Waals surface area contributed by atoms with Gasteiger partial charge in [-0.25, -0.2) is 4.39 Å². The average molecular weight is 542 g/mol. The Labute approximate surface area is 201 Å². The van der Waals surface area contributed by atoms with Crippen molar-refractivity contribution in [1.82, 2.24) is 10.6 Å². The first-order valence-electron chi connectivity index (χ1n) is 10.4. The Balaban J connectivity index is 0.00000341. The molecule has 0 amide bonds. The molecule has 1 heterocycles. The second-order valence-corrected chi connectivity index (χ2v) is 7.45. The number of anilines is 1. The maximum Gasteiger partial charge on any atom is 0.191 e. The van der Waals surface area contributed by atoms with E-state index in [-0.39, 0.29) is 35.9 Å². The number of nitrogens with zero attached hydrogens (tertiary/aromatic N) is 2. The minimum Gasteiger partial charge on any atom is -0.497 e. The fourth-order valence-corrected chi connectivity index (χ4v) is 3.53. The molecule has 8 heteroatoms. The first kappa shape index (κ1) is 25.0. The molecule has 6 nitrogen and oxygen atoms in total. The second kappa shape index (κ2) is 12.6. The first-order chi connectivity index (χ1) is 14.6. The van der Waals surface area contributed by atoms with Crippen LogP contribution in [0.1, 0.15) is 19.8 Å². The van der Waals surface area contributed by atoms with Gasteiger partial charge in [-0.15, -0.1) is 24.0 Å². The van der Waals surface area contributed by atoms with Crippen LogP contribution in [0.3, 0.4) is 0 Å². The smallest absolute Gasteiger partial charge is 0.191 e. The molecular formula is C23H32FIN4O2. The van der Waals surface area contributed by atoms with Gasteiger partial charge in [0.15, 0.2) is 5.96 Å². The van der Waals surface area contributed by atoms with Gasteiger partial charge in [0, 0.05) is 37.9 Å². The van der Waals surface area contributed by atoms with Crippen LogP contribution in [0, 0.1) is 5.82 Å². The second-order valence-electron chi connectivity index (χ2n) is 7.45. The van der Waals surface area contributed by atoms with E-state index in [0.717, 1.165) is 49.1 Å². The largest absolute Gasteiger partial charge is 0.497 e. The highest BCUT2D eigenvalue weighted by Gasteiger charge is 2.20. The molecule has 0 radical (unpaired) electrons. The molecule has 1 saturated heterocycles. The number of hydrogen-bond donors (Lipinski definition) is 2. The Hall–Kier alpha value is -2.23. The van der Waals surface area contributed by atoms with Gasteiger partial charge in [0.25, 0.3) is 0 Å². The average Bonchev–Trinajstić information content (AvgIpc) is 2.77. The zero-order chi connectivity index (χ0) is 21.3. The fourth-order valence-electron chi connectivity index (χ4n) is 3.53. The van der Waals surface area contributed by atoms with Crippen molar-refractivity contribution >= 4 is 35.6 Å². The molecule has 0 spiro atoms. The van der Waals surface area contributed by atoms with Gasteiger partial charge >= 0.3 is 0 Å². The van der Waals surface area contributed by atoms with E-state index in [0.29, 0.717) is 12.6 Å². The van der Waals surface area contributed by atoms with Crippen molar-refractivity contribution in [3.05, 3.63) is 54.3 Å². The molecule has 3 rings (SSSR count). The van der Waals surface area contributed by atoms with Crippen molar-refractivity contribution in [3.63, 3.8) is 0 Å². The van der Waals surface area contributed by atoms with Crippen LogP contribution in [0.15, 0.2) is 53.5 Å². The van der Waals surface area contributed by atoms with Gasteiger partial charge < -0.3 is 25.0 Å². The van der Waals surface area contributed by atoms with E-state index < -0.39 is 0 Å². The zero-order valence-corrected chi connectivity index (χ0v) is 20.6. The Bertz CT molecular complexity index is 844. The molecule has 170 valence electrons. The third kappa shape index (κ3) is 7.75. The summed E-state index contributed by atoms with van der Waals surface area (Å²) in [5, 5.41) is 6.82. The predicted molar refractivity (Wildman–Crippen MR) is 135 cm³/mol. The molecule has 1 aliphatic rings. The van der Waals surface area contributed by atoms with Gasteiger partial charge in [-0.05, 0) is 50.1 Å². The molecule has 0 aliphatic carbocycles. The zero-order valence-electron chi connectivity index (χ0n) is 18.3. The molecule has 1 aliphatic heterocycles. The third-order valence-electron chi connectivity index (χ3n) is 5.17. The first-order valence-corrected chi connectivity index (χ1v) is 10.4. The maximum absolute atomic E-state index is 13.5. The highest BCUT2D eigenvalue weighted by Crippen LogP contribution is 2.21. The minimum absolute atomic E-state index is 0. The van der Waals surface area contributed by atoms with Crippen molar-refractivity contribution in [2.75, 3.05) is 38.7 Å². The number of guanidine groups is 1. The highest BCUT2D eigenvalue weighted by atomic mass is 127. The SMILES string of the molecule is CN=C(NCC(C)Oc1cccc(OC)c1)NC1CCN(c2cccc(F)c2)CC1.I. The van der Waals surface area contributed by atoms with Crippen LogP contribution in [0.2, 0.25) is 0 Å². The molecular weight excluding hydrogens is 510 g/mol.